The summed E-state index contributed by atoms with van der Waals surface area (Å²) < 4.78 is 6.13. The molecule has 0 fully saturated rings. The summed E-state index contributed by atoms with van der Waals surface area (Å²) in [5.41, 5.74) is 1.37. The summed E-state index contributed by atoms with van der Waals surface area (Å²) in [5.74, 6) is 1.09. The quantitative estimate of drug-likeness (QED) is 0.716. The van der Waals surface area contributed by atoms with E-state index in [0.717, 1.165) is 18.7 Å². The van der Waals surface area contributed by atoms with Crippen LogP contribution in [-0.4, -0.2) is 18.7 Å². The maximum atomic E-state index is 6.13. The predicted octanol–water partition coefficient (Wildman–Crippen LogP) is 3.94. The van der Waals surface area contributed by atoms with Crippen molar-refractivity contribution in [2.75, 3.05) is 6.54 Å². The molecular formula is C17H27NO. The Morgan fingerprint density at radius 3 is 2.79 bits per heavy atom. The van der Waals surface area contributed by atoms with Gasteiger partial charge in [-0.3, -0.25) is 0 Å². The van der Waals surface area contributed by atoms with Crippen molar-refractivity contribution in [2.45, 2.75) is 64.5 Å². The molecule has 0 aliphatic carbocycles. The van der Waals surface area contributed by atoms with Crippen molar-refractivity contribution in [3.8, 4) is 5.75 Å². The molecule has 2 nitrogen and oxygen atoms in total. The lowest BCUT2D eigenvalue weighted by Gasteiger charge is -2.24. The Morgan fingerprint density at radius 2 is 2.05 bits per heavy atom. The molecule has 0 amide bonds. The first-order chi connectivity index (χ1) is 9.35. The third-order valence-corrected chi connectivity index (χ3v) is 3.90. The normalized spacial score (nSPS) is 18.9. The third kappa shape index (κ3) is 3.97. The molecule has 2 unspecified atom stereocenters. The molecule has 0 radical (unpaired) electrons. The van der Waals surface area contributed by atoms with Crippen LogP contribution in [0.15, 0.2) is 24.3 Å². The summed E-state index contributed by atoms with van der Waals surface area (Å²) in [6.07, 6.45) is 7.70. The lowest BCUT2D eigenvalue weighted by Crippen LogP contribution is -2.42. The minimum atomic E-state index is 0.320. The van der Waals surface area contributed by atoms with E-state index >= 15 is 0 Å². The molecule has 0 bridgehead atoms. The third-order valence-electron chi connectivity index (χ3n) is 3.90. The highest BCUT2D eigenvalue weighted by Gasteiger charge is 2.29. The average molecular weight is 261 g/mol. The molecule has 1 aromatic carbocycles. The van der Waals surface area contributed by atoms with Gasteiger partial charge >= 0.3 is 0 Å². The van der Waals surface area contributed by atoms with Crippen molar-refractivity contribution in [1.29, 1.82) is 0 Å². The van der Waals surface area contributed by atoms with E-state index in [9.17, 15) is 0 Å². The van der Waals surface area contributed by atoms with Crippen molar-refractivity contribution in [1.82, 2.24) is 5.32 Å². The van der Waals surface area contributed by atoms with Crippen LogP contribution in [0.1, 0.15) is 51.5 Å². The first-order valence-electron chi connectivity index (χ1n) is 7.83. The lowest BCUT2D eigenvalue weighted by atomic mass is 9.99. The van der Waals surface area contributed by atoms with Crippen molar-refractivity contribution in [2.24, 2.45) is 0 Å². The smallest absolute Gasteiger partial charge is 0.123 e. The van der Waals surface area contributed by atoms with Crippen LogP contribution in [0.25, 0.3) is 0 Å². The minimum Gasteiger partial charge on any atom is -0.488 e. The monoisotopic (exact) mass is 261 g/mol. The second-order valence-electron chi connectivity index (χ2n) is 5.52. The molecule has 2 heteroatoms. The number of unbranched alkanes of at least 4 members (excludes halogenated alkanes) is 2. The van der Waals surface area contributed by atoms with Crippen molar-refractivity contribution < 1.29 is 4.74 Å². The second kappa shape index (κ2) is 7.54. The number of hydrogen-bond donors (Lipinski definition) is 1. The Morgan fingerprint density at radius 1 is 1.21 bits per heavy atom. The lowest BCUT2D eigenvalue weighted by molar-refractivity contribution is 0.170. The van der Waals surface area contributed by atoms with Crippen LogP contribution in [0.3, 0.4) is 0 Å². The average Bonchev–Trinajstić information content (AvgIpc) is 2.86. The number of para-hydroxylation sites is 1. The first kappa shape index (κ1) is 14.4. The Balaban J connectivity index is 1.92. The van der Waals surface area contributed by atoms with E-state index in [4.69, 9.17) is 4.74 Å². The number of benzene rings is 1. The Labute approximate surface area is 117 Å². The van der Waals surface area contributed by atoms with E-state index in [-0.39, 0.29) is 0 Å². The molecule has 1 heterocycles. The number of fused-ring (bicyclic) bond motifs is 1. The van der Waals surface area contributed by atoms with Gasteiger partial charge in [-0.25, -0.2) is 0 Å². The number of nitrogens with one attached hydrogen (secondary N) is 1. The highest BCUT2D eigenvalue weighted by atomic mass is 16.5. The molecule has 1 N–H and O–H groups in total. The summed E-state index contributed by atoms with van der Waals surface area (Å²) in [4.78, 5) is 0. The summed E-state index contributed by atoms with van der Waals surface area (Å²) in [7, 11) is 0. The van der Waals surface area contributed by atoms with Gasteiger partial charge in [-0.15, -0.1) is 0 Å². The van der Waals surface area contributed by atoms with E-state index in [2.05, 4.69) is 43.4 Å². The zero-order valence-electron chi connectivity index (χ0n) is 12.3. The van der Waals surface area contributed by atoms with Gasteiger partial charge in [0.05, 0.1) is 0 Å². The van der Waals surface area contributed by atoms with E-state index in [1.165, 1.54) is 37.7 Å². The molecule has 0 spiro atoms. The highest BCUT2D eigenvalue weighted by Crippen LogP contribution is 2.30. The molecule has 2 rings (SSSR count). The highest BCUT2D eigenvalue weighted by molar-refractivity contribution is 5.37. The maximum Gasteiger partial charge on any atom is 0.123 e. The Hall–Kier alpha value is -1.02. The van der Waals surface area contributed by atoms with Crippen LogP contribution in [-0.2, 0) is 6.42 Å². The summed E-state index contributed by atoms with van der Waals surface area (Å²) >= 11 is 0. The molecule has 19 heavy (non-hydrogen) atoms. The van der Waals surface area contributed by atoms with Crippen LogP contribution in [0.2, 0.25) is 0 Å². The van der Waals surface area contributed by atoms with Crippen LogP contribution < -0.4 is 10.1 Å². The van der Waals surface area contributed by atoms with Crippen molar-refractivity contribution >= 4 is 0 Å². The topological polar surface area (TPSA) is 21.3 Å². The molecular weight excluding hydrogens is 234 g/mol. The molecule has 1 aromatic rings. The fraction of sp³-hybridized carbons (Fsp3) is 0.647. The van der Waals surface area contributed by atoms with E-state index < -0.39 is 0 Å². The molecule has 0 aromatic heterocycles. The number of rotatable bonds is 8. The van der Waals surface area contributed by atoms with Gasteiger partial charge in [0.25, 0.3) is 0 Å². The van der Waals surface area contributed by atoms with Crippen LogP contribution in [0, 0.1) is 0 Å². The van der Waals surface area contributed by atoms with Gasteiger partial charge in [0, 0.05) is 12.5 Å². The maximum absolute atomic E-state index is 6.13. The second-order valence-corrected chi connectivity index (χ2v) is 5.52. The molecule has 0 saturated carbocycles. The Bertz CT molecular complexity index is 352. The molecule has 0 saturated heterocycles. The van der Waals surface area contributed by atoms with Gasteiger partial charge in [-0.05, 0) is 31.0 Å². The Kier molecular flexibility index (Phi) is 5.71. The van der Waals surface area contributed by atoms with Crippen molar-refractivity contribution in [3.63, 3.8) is 0 Å². The molecule has 1 aliphatic rings. The van der Waals surface area contributed by atoms with Gasteiger partial charge in [0.1, 0.15) is 11.9 Å². The SMILES string of the molecule is CCCCCC(NCCC)C1Cc2ccccc2O1. The fourth-order valence-electron chi connectivity index (χ4n) is 2.80. The zero-order chi connectivity index (χ0) is 13.5. The van der Waals surface area contributed by atoms with Crippen LogP contribution >= 0.6 is 0 Å². The predicted molar refractivity (Wildman–Crippen MR) is 80.8 cm³/mol. The summed E-state index contributed by atoms with van der Waals surface area (Å²) in [5, 5.41) is 3.68. The van der Waals surface area contributed by atoms with Gasteiger partial charge in [0.2, 0.25) is 0 Å². The minimum absolute atomic E-state index is 0.320. The van der Waals surface area contributed by atoms with Crippen LogP contribution in [0.4, 0.5) is 0 Å². The first-order valence-corrected chi connectivity index (χ1v) is 7.83. The van der Waals surface area contributed by atoms with E-state index in [1.54, 1.807) is 0 Å². The summed E-state index contributed by atoms with van der Waals surface area (Å²) in [6.45, 7) is 5.57. The van der Waals surface area contributed by atoms with Crippen LogP contribution in [0.5, 0.6) is 5.75 Å². The standard InChI is InChI=1S/C17H27NO/c1-3-5-6-10-15(18-12-4-2)17-13-14-9-7-8-11-16(14)19-17/h7-9,11,15,17-18H,3-6,10,12-13H2,1-2H3. The summed E-state index contributed by atoms with van der Waals surface area (Å²) in [6, 6.07) is 8.96. The molecule has 106 valence electrons. The molecule has 1 aliphatic heterocycles. The largest absolute Gasteiger partial charge is 0.488 e. The van der Waals surface area contributed by atoms with Crippen molar-refractivity contribution in [3.05, 3.63) is 29.8 Å². The van der Waals surface area contributed by atoms with Gasteiger partial charge < -0.3 is 10.1 Å². The van der Waals surface area contributed by atoms with E-state index in [0.29, 0.717) is 12.1 Å². The fourth-order valence-corrected chi connectivity index (χ4v) is 2.80. The van der Waals surface area contributed by atoms with E-state index in [1.807, 2.05) is 0 Å². The van der Waals surface area contributed by atoms with Gasteiger partial charge in [-0.2, -0.15) is 0 Å². The zero-order valence-corrected chi connectivity index (χ0v) is 12.3. The van der Waals surface area contributed by atoms with Gasteiger partial charge in [0.15, 0.2) is 0 Å². The number of ether oxygens (including phenoxy) is 1. The number of hydrogen-bond acceptors (Lipinski definition) is 2. The van der Waals surface area contributed by atoms with Gasteiger partial charge in [-0.1, -0.05) is 51.3 Å². The molecule has 2 atom stereocenters.